The van der Waals surface area contributed by atoms with Gasteiger partial charge in [-0.25, -0.2) is 0 Å². The average Bonchev–Trinajstić information content (AvgIpc) is 2.99. The number of nitrogens with zero attached hydrogens (tertiary/aromatic N) is 1. The number of piperidine rings is 1. The minimum absolute atomic E-state index is 0.380. The molecule has 2 atom stereocenters. The van der Waals surface area contributed by atoms with Crippen LogP contribution in [0.5, 0.6) is 0 Å². The lowest BCUT2D eigenvalue weighted by Crippen LogP contribution is -2.42. The van der Waals surface area contributed by atoms with Crippen molar-refractivity contribution in [1.29, 1.82) is 0 Å². The van der Waals surface area contributed by atoms with Crippen LogP contribution in [0.1, 0.15) is 38.5 Å². The molecule has 82 valence electrons. The first-order valence-corrected chi connectivity index (χ1v) is 6.14. The van der Waals surface area contributed by atoms with Gasteiger partial charge in [0.15, 0.2) is 0 Å². The van der Waals surface area contributed by atoms with Crippen molar-refractivity contribution >= 4 is 0 Å². The molecule has 0 spiro atoms. The van der Waals surface area contributed by atoms with Crippen LogP contribution in [0.3, 0.4) is 0 Å². The molecule has 2 heteroatoms. The van der Waals surface area contributed by atoms with E-state index in [1.807, 2.05) is 0 Å². The van der Waals surface area contributed by atoms with Crippen LogP contribution in [-0.4, -0.2) is 36.2 Å². The standard InChI is InChI=1S/C12H23NO/c1-13-8-3-2-4-12(13)11(7-9-14)10-5-6-10/h10-12,14H,2-9H2,1H3. The second-order valence-corrected chi connectivity index (χ2v) is 5.06. The van der Waals surface area contributed by atoms with Crippen LogP contribution in [0.15, 0.2) is 0 Å². The van der Waals surface area contributed by atoms with Gasteiger partial charge >= 0.3 is 0 Å². The zero-order chi connectivity index (χ0) is 9.97. The quantitative estimate of drug-likeness (QED) is 0.744. The predicted molar refractivity (Wildman–Crippen MR) is 58.2 cm³/mol. The van der Waals surface area contributed by atoms with Crippen molar-refractivity contribution in [2.75, 3.05) is 20.2 Å². The molecule has 2 aliphatic rings. The van der Waals surface area contributed by atoms with E-state index in [4.69, 9.17) is 5.11 Å². The molecule has 0 aromatic rings. The van der Waals surface area contributed by atoms with Gasteiger partial charge in [0, 0.05) is 12.6 Å². The van der Waals surface area contributed by atoms with Gasteiger partial charge in [0.25, 0.3) is 0 Å². The van der Waals surface area contributed by atoms with Gasteiger partial charge < -0.3 is 10.0 Å². The summed E-state index contributed by atoms with van der Waals surface area (Å²) in [6.45, 7) is 1.64. The van der Waals surface area contributed by atoms with Gasteiger partial charge in [0.05, 0.1) is 0 Å². The van der Waals surface area contributed by atoms with Crippen LogP contribution in [0, 0.1) is 11.8 Å². The highest BCUT2D eigenvalue weighted by Crippen LogP contribution is 2.43. The smallest absolute Gasteiger partial charge is 0.0434 e. The Bertz CT molecular complexity index is 177. The number of aliphatic hydroxyl groups is 1. The van der Waals surface area contributed by atoms with Crippen molar-refractivity contribution in [1.82, 2.24) is 4.90 Å². The molecule has 2 unspecified atom stereocenters. The van der Waals surface area contributed by atoms with Gasteiger partial charge in [-0.2, -0.15) is 0 Å². The minimum Gasteiger partial charge on any atom is -0.396 e. The summed E-state index contributed by atoms with van der Waals surface area (Å²) in [5.74, 6) is 1.72. The summed E-state index contributed by atoms with van der Waals surface area (Å²) < 4.78 is 0. The number of hydrogen-bond donors (Lipinski definition) is 1. The third kappa shape index (κ3) is 2.29. The molecular weight excluding hydrogens is 174 g/mol. The second kappa shape index (κ2) is 4.63. The molecule has 0 aromatic heterocycles. The summed E-state index contributed by atoms with van der Waals surface area (Å²) in [6.07, 6.45) is 7.97. The van der Waals surface area contributed by atoms with E-state index in [1.54, 1.807) is 0 Å². The lowest BCUT2D eigenvalue weighted by Gasteiger charge is -2.38. The van der Waals surface area contributed by atoms with Crippen LogP contribution in [-0.2, 0) is 0 Å². The van der Waals surface area contributed by atoms with E-state index in [0.717, 1.165) is 24.3 Å². The largest absolute Gasteiger partial charge is 0.396 e. The van der Waals surface area contributed by atoms with E-state index in [0.29, 0.717) is 6.61 Å². The van der Waals surface area contributed by atoms with Crippen LogP contribution in [0.2, 0.25) is 0 Å². The van der Waals surface area contributed by atoms with E-state index < -0.39 is 0 Å². The second-order valence-electron chi connectivity index (χ2n) is 5.06. The maximum absolute atomic E-state index is 9.11. The van der Waals surface area contributed by atoms with E-state index in [-0.39, 0.29) is 0 Å². The lowest BCUT2D eigenvalue weighted by atomic mass is 9.85. The first-order chi connectivity index (χ1) is 6.83. The van der Waals surface area contributed by atoms with Crippen molar-refractivity contribution in [3.63, 3.8) is 0 Å². The molecule has 0 radical (unpaired) electrons. The Morgan fingerprint density at radius 3 is 2.64 bits per heavy atom. The van der Waals surface area contributed by atoms with E-state index in [9.17, 15) is 0 Å². The first-order valence-electron chi connectivity index (χ1n) is 6.14. The molecule has 0 aromatic carbocycles. The van der Waals surface area contributed by atoms with E-state index >= 15 is 0 Å². The highest BCUT2D eigenvalue weighted by atomic mass is 16.3. The van der Waals surface area contributed by atoms with Crippen molar-refractivity contribution < 1.29 is 5.11 Å². The Hall–Kier alpha value is -0.0800. The monoisotopic (exact) mass is 197 g/mol. The van der Waals surface area contributed by atoms with Gasteiger partial charge in [-0.05, 0) is 57.5 Å². The maximum atomic E-state index is 9.11. The van der Waals surface area contributed by atoms with E-state index in [1.165, 1.54) is 38.6 Å². The molecule has 1 saturated heterocycles. The first kappa shape index (κ1) is 10.4. The molecule has 1 heterocycles. The summed E-state index contributed by atoms with van der Waals surface area (Å²) in [4.78, 5) is 2.53. The Kier molecular flexibility index (Phi) is 3.45. The normalized spacial score (nSPS) is 31.7. The number of rotatable bonds is 4. The lowest BCUT2D eigenvalue weighted by molar-refractivity contribution is 0.0980. The molecule has 1 saturated carbocycles. The fourth-order valence-corrected chi connectivity index (χ4v) is 3.06. The predicted octanol–water partition coefficient (Wildman–Crippen LogP) is 1.88. The van der Waals surface area contributed by atoms with Crippen molar-refractivity contribution in [2.45, 2.75) is 44.6 Å². The summed E-state index contributed by atoms with van der Waals surface area (Å²) in [6, 6.07) is 0.767. The summed E-state index contributed by atoms with van der Waals surface area (Å²) in [5.41, 5.74) is 0. The maximum Gasteiger partial charge on any atom is 0.0434 e. The van der Waals surface area contributed by atoms with Crippen molar-refractivity contribution in [3.05, 3.63) is 0 Å². The van der Waals surface area contributed by atoms with E-state index in [2.05, 4.69) is 11.9 Å². The topological polar surface area (TPSA) is 23.5 Å². The Balaban J connectivity index is 1.93. The van der Waals surface area contributed by atoms with Gasteiger partial charge in [-0.1, -0.05) is 6.42 Å². The number of aliphatic hydroxyl groups excluding tert-OH is 1. The Morgan fingerprint density at radius 1 is 1.29 bits per heavy atom. The van der Waals surface area contributed by atoms with Gasteiger partial charge in [0.2, 0.25) is 0 Å². The molecular formula is C12H23NO. The molecule has 0 bridgehead atoms. The minimum atomic E-state index is 0.380. The van der Waals surface area contributed by atoms with Crippen LogP contribution in [0.4, 0.5) is 0 Å². The molecule has 2 rings (SSSR count). The number of hydrogen-bond acceptors (Lipinski definition) is 2. The Labute approximate surface area is 87.3 Å². The fraction of sp³-hybridized carbons (Fsp3) is 1.00. The summed E-state index contributed by atoms with van der Waals surface area (Å²) >= 11 is 0. The summed E-state index contributed by atoms with van der Waals surface area (Å²) in [5, 5.41) is 9.11. The highest BCUT2D eigenvalue weighted by Gasteiger charge is 2.38. The molecule has 14 heavy (non-hydrogen) atoms. The van der Waals surface area contributed by atoms with Crippen LogP contribution < -0.4 is 0 Å². The fourth-order valence-electron chi connectivity index (χ4n) is 3.06. The average molecular weight is 197 g/mol. The van der Waals surface area contributed by atoms with Crippen LogP contribution in [0.25, 0.3) is 0 Å². The molecule has 2 fully saturated rings. The highest BCUT2D eigenvalue weighted by molar-refractivity contribution is 4.90. The molecule has 1 N–H and O–H groups in total. The molecule has 1 aliphatic carbocycles. The summed E-state index contributed by atoms with van der Waals surface area (Å²) in [7, 11) is 2.26. The van der Waals surface area contributed by atoms with Gasteiger partial charge in [0.1, 0.15) is 0 Å². The van der Waals surface area contributed by atoms with Crippen molar-refractivity contribution in [2.24, 2.45) is 11.8 Å². The van der Waals surface area contributed by atoms with Gasteiger partial charge in [-0.15, -0.1) is 0 Å². The number of likely N-dealkylation sites (tertiary alicyclic amines) is 1. The molecule has 2 nitrogen and oxygen atoms in total. The third-order valence-electron chi connectivity index (χ3n) is 4.01. The Morgan fingerprint density at radius 2 is 2.07 bits per heavy atom. The molecule has 0 amide bonds. The van der Waals surface area contributed by atoms with Crippen molar-refractivity contribution in [3.8, 4) is 0 Å². The van der Waals surface area contributed by atoms with Gasteiger partial charge in [-0.3, -0.25) is 0 Å². The third-order valence-corrected chi connectivity index (χ3v) is 4.01. The van der Waals surface area contributed by atoms with Crippen LogP contribution >= 0.6 is 0 Å². The molecule has 1 aliphatic heterocycles. The zero-order valence-electron chi connectivity index (χ0n) is 9.28. The SMILES string of the molecule is CN1CCCCC1C(CCO)C1CC1. The zero-order valence-corrected chi connectivity index (χ0v) is 9.28.